The summed E-state index contributed by atoms with van der Waals surface area (Å²) in [6.45, 7) is -0.135. The number of amides is 1. The van der Waals surface area contributed by atoms with Crippen LogP contribution in [0.1, 0.15) is 37.3 Å². The van der Waals surface area contributed by atoms with Crippen molar-refractivity contribution in [1.82, 2.24) is 5.32 Å². The van der Waals surface area contributed by atoms with Gasteiger partial charge in [0.05, 0.1) is 17.6 Å². The van der Waals surface area contributed by atoms with Gasteiger partial charge < -0.3 is 15.2 Å². The lowest BCUT2D eigenvalue weighted by Gasteiger charge is -2.27. The van der Waals surface area contributed by atoms with Crippen LogP contribution in [0, 0.1) is 5.82 Å². The fourth-order valence-corrected chi connectivity index (χ4v) is 4.42. The first kappa shape index (κ1) is 23.8. The Bertz CT molecular complexity index is 973. The fraction of sp³-hybridized carbons (Fsp3) is 0.381. The van der Waals surface area contributed by atoms with E-state index >= 15 is 0 Å². The Morgan fingerprint density at radius 2 is 1.97 bits per heavy atom. The van der Waals surface area contributed by atoms with E-state index in [-0.39, 0.29) is 16.3 Å². The van der Waals surface area contributed by atoms with Gasteiger partial charge in [-0.05, 0) is 55.7 Å². The molecule has 4 nitrogen and oxygen atoms in total. The summed E-state index contributed by atoms with van der Waals surface area (Å²) < 4.78 is 56.7. The van der Waals surface area contributed by atoms with Crippen molar-refractivity contribution in [3.63, 3.8) is 0 Å². The number of aliphatic hydroxyl groups is 1. The number of alkyl halides is 3. The molecule has 0 bridgehead atoms. The highest BCUT2D eigenvalue weighted by Gasteiger charge is 2.47. The molecule has 2 aromatic rings. The molecule has 1 fully saturated rings. The van der Waals surface area contributed by atoms with E-state index in [1.807, 2.05) is 0 Å². The van der Waals surface area contributed by atoms with Crippen molar-refractivity contribution in [3.05, 3.63) is 62.8 Å². The molecule has 10 heteroatoms. The van der Waals surface area contributed by atoms with Gasteiger partial charge in [0.2, 0.25) is 5.91 Å². The molecule has 0 heterocycles. The molecule has 1 amide bonds. The standard InChI is InChI=1S/C21H19BrClF4NO3/c1-19(30,18-15(22)3-2-4-16(18)24)10-17(29)28-20(5-6-20)12-7-13(23)9-14(8-12)31-11-21(25,26)27/h2-4,7-9,30H,5-6,10-11H2,1H3,(H,28,29)/t19-/m0/s1. The minimum Gasteiger partial charge on any atom is -0.484 e. The van der Waals surface area contributed by atoms with Crippen molar-refractivity contribution >= 4 is 33.4 Å². The van der Waals surface area contributed by atoms with Crippen molar-refractivity contribution in [2.24, 2.45) is 0 Å². The lowest BCUT2D eigenvalue weighted by molar-refractivity contribution is -0.153. The number of carbonyl (C=O) groups excluding carboxylic acids is 1. The van der Waals surface area contributed by atoms with Gasteiger partial charge in [-0.3, -0.25) is 4.79 Å². The van der Waals surface area contributed by atoms with Crippen LogP contribution in [0.2, 0.25) is 5.02 Å². The SMILES string of the molecule is C[C@](O)(CC(=O)NC1(c2cc(Cl)cc(OCC(F)(F)F)c2)CC1)c1c(F)cccc1Br. The molecule has 0 saturated heterocycles. The number of ether oxygens (including phenoxy) is 1. The number of carbonyl (C=O) groups is 1. The maximum Gasteiger partial charge on any atom is 0.422 e. The molecule has 3 rings (SSSR count). The van der Waals surface area contributed by atoms with Crippen LogP contribution in [0.25, 0.3) is 0 Å². The van der Waals surface area contributed by atoms with Crippen molar-refractivity contribution < 1.29 is 32.2 Å². The van der Waals surface area contributed by atoms with Crippen LogP contribution in [0.4, 0.5) is 17.6 Å². The van der Waals surface area contributed by atoms with Crippen molar-refractivity contribution in [3.8, 4) is 5.75 Å². The zero-order valence-electron chi connectivity index (χ0n) is 16.3. The highest BCUT2D eigenvalue weighted by atomic mass is 79.9. The van der Waals surface area contributed by atoms with Gasteiger partial charge in [-0.15, -0.1) is 0 Å². The number of nitrogens with one attached hydrogen (secondary N) is 1. The smallest absolute Gasteiger partial charge is 0.422 e. The quantitative estimate of drug-likeness (QED) is 0.465. The number of hydrogen-bond acceptors (Lipinski definition) is 3. The van der Waals surface area contributed by atoms with Crippen LogP contribution in [-0.4, -0.2) is 23.8 Å². The van der Waals surface area contributed by atoms with E-state index in [4.69, 9.17) is 16.3 Å². The van der Waals surface area contributed by atoms with Crippen LogP contribution in [0.5, 0.6) is 5.75 Å². The van der Waals surface area contributed by atoms with Crippen LogP contribution in [0.3, 0.4) is 0 Å². The molecule has 168 valence electrons. The van der Waals surface area contributed by atoms with Crippen LogP contribution in [0.15, 0.2) is 40.9 Å². The first-order chi connectivity index (χ1) is 14.3. The van der Waals surface area contributed by atoms with Crippen molar-refractivity contribution in [1.29, 1.82) is 0 Å². The molecule has 2 aromatic carbocycles. The van der Waals surface area contributed by atoms with Gasteiger partial charge in [-0.2, -0.15) is 13.2 Å². The minimum absolute atomic E-state index is 0.0411. The molecule has 1 aliphatic rings. The summed E-state index contributed by atoms with van der Waals surface area (Å²) in [6.07, 6.45) is -3.86. The van der Waals surface area contributed by atoms with Gasteiger partial charge in [0.1, 0.15) is 11.6 Å². The molecule has 2 N–H and O–H groups in total. The molecule has 1 saturated carbocycles. The minimum atomic E-state index is -4.50. The third-order valence-corrected chi connectivity index (χ3v) is 5.84. The Kier molecular flexibility index (Phi) is 6.60. The lowest BCUT2D eigenvalue weighted by atomic mass is 9.91. The molecular formula is C21H19BrClF4NO3. The molecule has 1 aliphatic carbocycles. The summed E-state index contributed by atoms with van der Waals surface area (Å²) >= 11 is 9.22. The predicted molar refractivity (Wildman–Crippen MR) is 110 cm³/mol. The monoisotopic (exact) mass is 523 g/mol. The second-order valence-electron chi connectivity index (χ2n) is 7.76. The summed E-state index contributed by atoms with van der Waals surface area (Å²) in [5.74, 6) is -1.27. The highest BCUT2D eigenvalue weighted by Crippen LogP contribution is 2.47. The van der Waals surface area contributed by atoms with Crippen LogP contribution in [-0.2, 0) is 15.9 Å². The normalized spacial score (nSPS) is 17.0. The molecular weight excluding hydrogens is 506 g/mol. The topological polar surface area (TPSA) is 58.6 Å². The van der Waals surface area contributed by atoms with Crippen molar-refractivity contribution in [2.45, 2.75) is 43.5 Å². The first-order valence-electron chi connectivity index (χ1n) is 9.30. The Balaban J connectivity index is 1.75. The third kappa shape index (κ3) is 5.90. The number of hydrogen-bond donors (Lipinski definition) is 2. The average Bonchev–Trinajstić information content (AvgIpc) is 3.38. The zero-order chi connectivity index (χ0) is 23.0. The summed E-state index contributed by atoms with van der Waals surface area (Å²) in [5.41, 5.74) is -2.17. The van der Waals surface area contributed by atoms with Gasteiger partial charge in [0, 0.05) is 15.1 Å². The van der Waals surface area contributed by atoms with E-state index in [0.717, 1.165) is 0 Å². The van der Waals surface area contributed by atoms with Gasteiger partial charge >= 0.3 is 6.18 Å². The summed E-state index contributed by atoms with van der Waals surface area (Å²) in [6, 6.07) is 8.41. The maximum atomic E-state index is 14.2. The summed E-state index contributed by atoms with van der Waals surface area (Å²) in [5, 5.41) is 13.7. The molecule has 0 unspecified atom stereocenters. The highest BCUT2D eigenvalue weighted by molar-refractivity contribution is 9.10. The fourth-order valence-electron chi connectivity index (χ4n) is 3.42. The Hall–Kier alpha value is -1.84. The zero-order valence-corrected chi connectivity index (χ0v) is 18.7. The van der Waals surface area contributed by atoms with Gasteiger partial charge in [-0.25, -0.2) is 4.39 Å². The van der Waals surface area contributed by atoms with Gasteiger partial charge in [-0.1, -0.05) is 33.6 Å². The number of benzene rings is 2. The Morgan fingerprint density at radius 1 is 1.29 bits per heavy atom. The average molecular weight is 525 g/mol. The second kappa shape index (κ2) is 8.60. The molecule has 0 aliphatic heterocycles. The maximum absolute atomic E-state index is 14.2. The summed E-state index contributed by atoms with van der Waals surface area (Å²) in [7, 11) is 0. The van der Waals surface area contributed by atoms with E-state index < -0.39 is 42.1 Å². The summed E-state index contributed by atoms with van der Waals surface area (Å²) in [4.78, 5) is 12.7. The van der Waals surface area contributed by atoms with E-state index in [2.05, 4.69) is 21.2 Å². The predicted octanol–water partition coefficient (Wildman–Crippen LogP) is 5.59. The molecule has 31 heavy (non-hydrogen) atoms. The molecule has 1 atom stereocenters. The molecule has 0 aromatic heterocycles. The van der Waals surface area contributed by atoms with E-state index in [0.29, 0.717) is 22.9 Å². The number of halogens is 6. The molecule has 0 radical (unpaired) electrons. The first-order valence-corrected chi connectivity index (χ1v) is 10.5. The lowest BCUT2D eigenvalue weighted by Crippen LogP contribution is -2.39. The number of rotatable bonds is 7. The van der Waals surface area contributed by atoms with Gasteiger partial charge in [0.25, 0.3) is 0 Å². The third-order valence-electron chi connectivity index (χ3n) is 4.96. The van der Waals surface area contributed by atoms with Crippen molar-refractivity contribution in [2.75, 3.05) is 6.61 Å². The Labute approximate surface area is 189 Å². The largest absolute Gasteiger partial charge is 0.484 e. The Morgan fingerprint density at radius 3 is 2.55 bits per heavy atom. The van der Waals surface area contributed by atoms with Crippen LogP contribution < -0.4 is 10.1 Å². The van der Waals surface area contributed by atoms with Gasteiger partial charge in [0.15, 0.2) is 6.61 Å². The molecule has 0 spiro atoms. The van der Waals surface area contributed by atoms with Crippen LogP contribution >= 0.6 is 27.5 Å². The van der Waals surface area contributed by atoms with E-state index in [9.17, 15) is 27.5 Å². The van der Waals surface area contributed by atoms with E-state index in [1.54, 1.807) is 12.1 Å². The second-order valence-corrected chi connectivity index (χ2v) is 9.05. The van der Waals surface area contributed by atoms with E-state index in [1.165, 1.54) is 31.2 Å².